The minimum Gasteiger partial charge on any atom is -0.274 e. The Morgan fingerprint density at radius 1 is 1.00 bits per heavy atom. The van der Waals surface area contributed by atoms with Crippen molar-refractivity contribution in [3.63, 3.8) is 0 Å². The van der Waals surface area contributed by atoms with Crippen molar-refractivity contribution in [2.75, 3.05) is 13.1 Å². The molecule has 2 fully saturated rings. The fourth-order valence-corrected chi connectivity index (χ4v) is 6.49. The Morgan fingerprint density at radius 2 is 1.73 bits per heavy atom. The predicted molar refractivity (Wildman–Crippen MR) is 123 cm³/mol. The van der Waals surface area contributed by atoms with Crippen molar-refractivity contribution in [2.45, 2.75) is 53.0 Å². The number of nitrogens with zero attached hydrogens (tertiary/aromatic N) is 5. The number of para-hydroxylation sites is 1. The van der Waals surface area contributed by atoms with E-state index in [2.05, 4.69) is 10.2 Å². The summed E-state index contributed by atoms with van der Waals surface area (Å²) in [7, 11) is -3.77. The second-order valence-corrected chi connectivity index (χ2v) is 11.2. The molecule has 11 heteroatoms. The number of nitro benzene ring substituents is 1. The first-order valence-electron chi connectivity index (χ1n) is 10.9. The average Bonchev–Trinajstić information content (AvgIpc) is 3.60. The van der Waals surface area contributed by atoms with Crippen molar-refractivity contribution in [3.8, 4) is 5.69 Å². The Labute approximate surface area is 196 Å². The van der Waals surface area contributed by atoms with Crippen LogP contribution in [0.5, 0.6) is 0 Å². The summed E-state index contributed by atoms with van der Waals surface area (Å²) in [5, 5.41) is 21.1. The van der Waals surface area contributed by atoms with Crippen LogP contribution < -0.4 is 0 Å². The second-order valence-electron chi connectivity index (χ2n) is 8.24. The number of piperidine rings is 1. The van der Waals surface area contributed by atoms with Gasteiger partial charge in [0.2, 0.25) is 15.2 Å². The van der Waals surface area contributed by atoms with Crippen LogP contribution in [0, 0.1) is 10.1 Å². The number of nitro groups is 1. The number of hydrogen-bond acceptors (Lipinski definition) is 7. The monoisotopic (exact) mass is 485 g/mol. The molecule has 2 aliphatic rings. The first-order chi connectivity index (χ1) is 15.9. The maximum Gasteiger partial charge on any atom is 0.284 e. The van der Waals surface area contributed by atoms with Crippen molar-refractivity contribution in [1.29, 1.82) is 0 Å². The van der Waals surface area contributed by atoms with E-state index in [0.29, 0.717) is 29.1 Å². The zero-order chi connectivity index (χ0) is 23.0. The van der Waals surface area contributed by atoms with E-state index in [4.69, 9.17) is 0 Å². The Bertz CT molecular complexity index is 1280. The van der Waals surface area contributed by atoms with E-state index >= 15 is 0 Å². The molecule has 33 heavy (non-hydrogen) atoms. The summed E-state index contributed by atoms with van der Waals surface area (Å²) in [6.07, 6.45) is 4.67. The molecule has 9 nitrogen and oxygen atoms in total. The van der Waals surface area contributed by atoms with Gasteiger partial charge in [0.05, 0.1) is 14.7 Å². The minimum atomic E-state index is -3.77. The summed E-state index contributed by atoms with van der Waals surface area (Å²) >= 11 is 1.12. The molecule has 0 N–H and O–H groups in total. The van der Waals surface area contributed by atoms with E-state index < -0.39 is 14.9 Å². The molecule has 2 heterocycles. The lowest BCUT2D eigenvalue weighted by molar-refractivity contribution is -0.388. The summed E-state index contributed by atoms with van der Waals surface area (Å²) in [6, 6.07) is 13.8. The Morgan fingerprint density at radius 3 is 2.39 bits per heavy atom. The summed E-state index contributed by atoms with van der Waals surface area (Å²) < 4.78 is 29.4. The second kappa shape index (κ2) is 8.88. The number of benzene rings is 2. The van der Waals surface area contributed by atoms with E-state index in [1.165, 1.54) is 16.4 Å². The summed E-state index contributed by atoms with van der Waals surface area (Å²) in [5.41, 5.74) is 0.632. The first kappa shape index (κ1) is 22.1. The molecule has 2 aromatic carbocycles. The van der Waals surface area contributed by atoms with Gasteiger partial charge in [0.15, 0.2) is 0 Å². The van der Waals surface area contributed by atoms with Gasteiger partial charge >= 0.3 is 0 Å². The van der Waals surface area contributed by atoms with Crippen LogP contribution in [0.1, 0.15) is 43.8 Å². The Balaban J connectivity index is 1.52. The molecule has 0 unspecified atom stereocenters. The molecule has 0 spiro atoms. The lowest BCUT2D eigenvalue weighted by Crippen LogP contribution is -2.35. The predicted octanol–water partition coefficient (Wildman–Crippen LogP) is 4.38. The third kappa shape index (κ3) is 4.40. The van der Waals surface area contributed by atoms with Gasteiger partial charge in [-0.05, 0) is 61.7 Å². The van der Waals surface area contributed by atoms with Crippen molar-refractivity contribution >= 4 is 27.5 Å². The molecule has 0 radical (unpaired) electrons. The zero-order valence-corrected chi connectivity index (χ0v) is 19.5. The van der Waals surface area contributed by atoms with Crippen molar-refractivity contribution in [3.05, 3.63) is 64.5 Å². The smallest absolute Gasteiger partial charge is 0.274 e. The number of hydrogen-bond donors (Lipinski definition) is 0. The molecule has 1 aliphatic carbocycles. The van der Waals surface area contributed by atoms with Crippen LogP contribution in [0.15, 0.2) is 63.5 Å². The molecule has 1 saturated heterocycles. The molecule has 172 valence electrons. The van der Waals surface area contributed by atoms with E-state index in [9.17, 15) is 18.5 Å². The fourth-order valence-electron chi connectivity index (χ4n) is 4.01. The highest BCUT2D eigenvalue weighted by molar-refractivity contribution is 7.99. The molecule has 1 aromatic heterocycles. The van der Waals surface area contributed by atoms with Gasteiger partial charge in [-0.1, -0.05) is 24.6 Å². The van der Waals surface area contributed by atoms with Crippen LogP contribution >= 0.6 is 11.8 Å². The van der Waals surface area contributed by atoms with Gasteiger partial charge in [0.25, 0.3) is 5.69 Å². The molecule has 1 aliphatic heterocycles. The van der Waals surface area contributed by atoms with Gasteiger partial charge in [0, 0.05) is 30.8 Å². The largest absolute Gasteiger partial charge is 0.284 e. The van der Waals surface area contributed by atoms with Crippen LogP contribution in [0.4, 0.5) is 5.69 Å². The SMILES string of the molecule is O=[N+]([O-])c1cc(S(=O)(=O)N2CCCCC2)ccc1Sc1nnc(C2CC2)n1-c1ccccc1. The highest BCUT2D eigenvalue weighted by Crippen LogP contribution is 2.43. The zero-order valence-electron chi connectivity index (χ0n) is 17.8. The van der Waals surface area contributed by atoms with Crippen molar-refractivity contribution in [1.82, 2.24) is 19.1 Å². The third-order valence-electron chi connectivity index (χ3n) is 5.90. The maximum atomic E-state index is 13.0. The first-order valence-corrected chi connectivity index (χ1v) is 13.2. The molecular weight excluding hydrogens is 462 g/mol. The summed E-state index contributed by atoms with van der Waals surface area (Å²) in [4.78, 5) is 11.6. The number of aromatic nitrogens is 3. The number of rotatable bonds is 7. The van der Waals surface area contributed by atoms with Gasteiger partial charge < -0.3 is 0 Å². The van der Waals surface area contributed by atoms with Crippen LogP contribution in [-0.2, 0) is 10.0 Å². The Hall–Kier alpha value is -2.76. The standard InChI is InChI=1S/C22H23N5O4S2/c28-27(29)19-15-18(33(30,31)25-13-5-2-6-14-25)11-12-20(19)32-22-24-23-21(16-9-10-16)26(22)17-7-3-1-4-8-17/h1,3-4,7-8,11-12,15-16H,2,5-6,9-10,13-14H2. The lowest BCUT2D eigenvalue weighted by Gasteiger charge is -2.25. The highest BCUT2D eigenvalue weighted by atomic mass is 32.2. The van der Waals surface area contributed by atoms with Gasteiger partial charge in [-0.2, -0.15) is 4.31 Å². The topological polar surface area (TPSA) is 111 Å². The molecular formula is C22H23N5O4S2. The van der Waals surface area contributed by atoms with E-state index in [1.54, 1.807) is 0 Å². The lowest BCUT2D eigenvalue weighted by atomic mass is 10.2. The average molecular weight is 486 g/mol. The van der Waals surface area contributed by atoms with Gasteiger partial charge in [-0.15, -0.1) is 10.2 Å². The van der Waals surface area contributed by atoms with E-state index in [0.717, 1.165) is 61.4 Å². The van der Waals surface area contributed by atoms with Gasteiger partial charge in [-0.3, -0.25) is 14.7 Å². The van der Waals surface area contributed by atoms with Crippen molar-refractivity contribution < 1.29 is 13.3 Å². The third-order valence-corrected chi connectivity index (χ3v) is 8.80. The number of sulfonamides is 1. The van der Waals surface area contributed by atoms with Gasteiger partial charge in [-0.25, -0.2) is 8.42 Å². The fraction of sp³-hybridized carbons (Fsp3) is 0.364. The van der Waals surface area contributed by atoms with Crippen LogP contribution in [0.2, 0.25) is 0 Å². The van der Waals surface area contributed by atoms with Gasteiger partial charge in [0.1, 0.15) is 5.82 Å². The summed E-state index contributed by atoms with van der Waals surface area (Å²) in [5.74, 6) is 1.18. The van der Waals surface area contributed by atoms with Crippen LogP contribution in [0.3, 0.4) is 0 Å². The molecule has 0 atom stereocenters. The molecule has 3 aromatic rings. The minimum absolute atomic E-state index is 0.0522. The molecule has 5 rings (SSSR count). The maximum absolute atomic E-state index is 13.0. The van der Waals surface area contributed by atoms with Crippen molar-refractivity contribution in [2.24, 2.45) is 0 Å². The summed E-state index contributed by atoms with van der Waals surface area (Å²) in [6.45, 7) is 0.882. The quantitative estimate of drug-likeness (QED) is 0.361. The van der Waals surface area contributed by atoms with Crippen LogP contribution in [0.25, 0.3) is 5.69 Å². The molecule has 0 bridgehead atoms. The molecule has 1 saturated carbocycles. The molecule has 0 amide bonds. The van der Waals surface area contributed by atoms with E-state index in [-0.39, 0.29) is 10.6 Å². The Kier molecular flexibility index (Phi) is 5.94. The van der Waals surface area contributed by atoms with Crippen LogP contribution in [-0.4, -0.2) is 45.5 Å². The highest BCUT2D eigenvalue weighted by Gasteiger charge is 2.32. The van der Waals surface area contributed by atoms with E-state index in [1.807, 2.05) is 34.9 Å². The normalized spacial score (nSPS) is 17.2.